The number of nitrogens with one attached hydrogen (secondary N) is 2. The minimum atomic E-state index is -0.550. The maximum absolute atomic E-state index is 9.13. The molecule has 0 atom stereocenters. The van der Waals surface area contributed by atoms with E-state index >= 15 is 0 Å². The van der Waals surface area contributed by atoms with Gasteiger partial charge in [0.1, 0.15) is 0 Å². The molecule has 1 aromatic carbocycles. The molecule has 0 amide bonds. The van der Waals surface area contributed by atoms with Crippen LogP contribution in [-0.2, 0) is 0 Å². The number of fused-ring (bicyclic) bond motifs is 1. The Bertz CT molecular complexity index is 690. The standard InChI is InChI=1S/C10H8N6O2/c17-9-14-8(15-10(18)16-9)13-5-1-2-6-7(3-5)12-4-11-6/h1-4H,(H,11,12)(H3,13,14,15,16,17,18). The van der Waals surface area contributed by atoms with Gasteiger partial charge in [0.25, 0.3) is 0 Å². The van der Waals surface area contributed by atoms with Crippen molar-refractivity contribution in [3.05, 3.63) is 24.5 Å². The van der Waals surface area contributed by atoms with Gasteiger partial charge in [-0.05, 0) is 18.2 Å². The Hall–Kier alpha value is -2.90. The van der Waals surface area contributed by atoms with Gasteiger partial charge < -0.3 is 20.5 Å². The number of rotatable bonds is 2. The smallest absolute Gasteiger partial charge is 0.321 e. The second-order valence-corrected chi connectivity index (χ2v) is 3.52. The summed E-state index contributed by atoms with van der Waals surface area (Å²) in [6.07, 6.45) is 1.59. The van der Waals surface area contributed by atoms with Gasteiger partial charge in [0.2, 0.25) is 5.95 Å². The molecule has 0 aliphatic heterocycles. The number of benzene rings is 1. The zero-order chi connectivity index (χ0) is 12.5. The molecule has 8 nitrogen and oxygen atoms in total. The average Bonchev–Trinajstić information content (AvgIpc) is 2.74. The first-order valence-corrected chi connectivity index (χ1v) is 5.05. The molecule has 0 spiro atoms. The Balaban J connectivity index is 1.95. The number of nitrogens with zero attached hydrogens (tertiary/aromatic N) is 4. The maximum atomic E-state index is 9.13. The molecule has 0 unspecified atom stereocenters. The highest BCUT2D eigenvalue weighted by atomic mass is 16.3. The second kappa shape index (κ2) is 3.84. The van der Waals surface area contributed by atoms with Crippen molar-refractivity contribution in [2.75, 3.05) is 5.32 Å². The lowest BCUT2D eigenvalue weighted by Gasteiger charge is -2.04. The fourth-order valence-corrected chi connectivity index (χ4v) is 1.55. The van der Waals surface area contributed by atoms with E-state index in [0.29, 0.717) is 5.69 Å². The number of aromatic nitrogens is 5. The van der Waals surface area contributed by atoms with Crippen LogP contribution in [0.4, 0.5) is 11.6 Å². The van der Waals surface area contributed by atoms with E-state index < -0.39 is 12.0 Å². The van der Waals surface area contributed by atoms with Crippen LogP contribution in [-0.4, -0.2) is 35.1 Å². The predicted molar refractivity (Wildman–Crippen MR) is 62.5 cm³/mol. The van der Waals surface area contributed by atoms with E-state index in [1.54, 1.807) is 18.5 Å². The van der Waals surface area contributed by atoms with Gasteiger partial charge in [-0.2, -0.15) is 9.97 Å². The molecule has 2 heterocycles. The molecular formula is C10H8N6O2. The Morgan fingerprint density at radius 1 is 1.06 bits per heavy atom. The van der Waals surface area contributed by atoms with E-state index in [-0.39, 0.29) is 5.95 Å². The number of aromatic hydroxyl groups is 2. The summed E-state index contributed by atoms with van der Waals surface area (Å²) in [5, 5.41) is 21.1. The van der Waals surface area contributed by atoms with Gasteiger partial charge in [0, 0.05) is 5.69 Å². The molecule has 2 aromatic heterocycles. The van der Waals surface area contributed by atoms with Crippen LogP contribution in [0.3, 0.4) is 0 Å². The van der Waals surface area contributed by atoms with E-state index in [1.165, 1.54) is 0 Å². The lowest BCUT2D eigenvalue weighted by atomic mass is 10.3. The lowest BCUT2D eigenvalue weighted by molar-refractivity contribution is 0.384. The quantitative estimate of drug-likeness (QED) is 0.528. The van der Waals surface area contributed by atoms with E-state index in [1.807, 2.05) is 6.07 Å². The fourth-order valence-electron chi connectivity index (χ4n) is 1.55. The summed E-state index contributed by atoms with van der Waals surface area (Å²) in [5.41, 5.74) is 2.36. The second-order valence-electron chi connectivity index (χ2n) is 3.52. The number of anilines is 2. The molecule has 0 radical (unpaired) electrons. The SMILES string of the molecule is Oc1nc(O)nc(Nc2ccc3[nH]cnc3c2)n1. The van der Waals surface area contributed by atoms with Crippen LogP contribution in [0.25, 0.3) is 11.0 Å². The lowest BCUT2D eigenvalue weighted by Crippen LogP contribution is -1.98. The molecule has 3 aromatic rings. The van der Waals surface area contributed by atoms with Crippen LogP contribution in [0.2, 0.25) is 0 Å². The van der Waals surface area contributed by atoms with Crippen LogP contribution in [0.1, 0.15) is 0 Å². The van der Waals surface area contributed by atoms with E-state index in [9.17, 15) is 0 Å². The number of aromatic amines is 1. The van der Waals surface area contributed by atoms with Crippen molar-refractivity contribution < 1.29 is 10.2 Å². The van der Waals surface area contributed by atoms with Gasteiger partial charge >= 0.3 is 12.0 Å². The minimum absolute atomic E-state index is 0.0508. The highest BCUT2D eigenvalue weighted by molar-refractivity contribution is 5.79. The zero-order valence-electron chi connectivity index (χ0n) is 8.99. The molecule has 3 rings (SSSR count). The normalized spacial score (nSPS) is 10.7. The van der Waals surface area contributed by atoms with Gasteiger partial charge in [0.15, 0.2) is 0 Å². The molecule has 0 saturated carbocycles. The van der Waals surface area contributed by atoms with Crippen molar-refractivity contribution in [1.82, 2.24) is 24.9 Å². The minimum Gasteiger partial charge on any atom is -0.479 e. The van der Waals surface area contributed by atoms with Crippen LogP contribution in [0, 0.1) is 0 Å². The molecule has 4 N–H and O–H groups in total. The van der Waals surface area contributed by atoms with E-state index in [4.69, 9.17) is 10.2 Å². The molecule has 18 heavy (non-hydrogen) atoms. The monoisotopic (exact) mass is 244 g/mol. The molecule has 0 saturated heterocycles. The number of hydrogen-bond donors (Lipinski definition) is 4. The first-order chi connectivity index (χ1) is 8.70. The first kappa shape index (κ1) is 10.3. The summed E-state index contributed by atoms with van der Waals surface area (Å²) in [5.74, 6) is 0.0508. The molecular weight excluding hydrogens is 236 g/mol. The van der Waals surface area contributed by atoms with Gasteiger partial charge in [-0.3, -0.25) is 0 Å². The first-order valence-electron chi connectivity index (χ1n) is 5.05. The molecule has 8 heteroatoms. The van der Waals surface area contributed by atoms with Crippen molar-refractivity contribution >= 4 is 22.7 Å². The molecule has 0 bridgehead atoms. The summed E-state index contributed by atoms with van der Waals surface area (Å²) in [7, 11) is 0. The van der Waals surface area contributed by atoms with E-state index in [2.05, 4.69) is 30.2 Å². The maximum Gasteiger partial charge on any atom is 0.321 e. The molecule has 0 fully saturated rings. The van der Waals surface area contributed by atoms with Gasteiger partial charge in [-0.1, -0.05) is 0 Å². The Kier molecular flexibility index (Phi) is 2.19. The van der Waals surface area contributed by atoms with Gasteiger partial charge in [-0.15, -0.1) is 4.98 Å². The van der Waals surface area contributed by atoms with Crippen molar-refractivity contribution in [3.8, 4) is 12.0 Å². The molecule has 0 aliphatic carbocycles. The Labute approximate surface area is 100 Å². The summed E-state index contributed by atoms with van der Waals surface area (Å²) in [6.45, 7) is 0. The van der Waals surface area contributed by atoms with Crippen molar-refractivity contribution in [2.24, 2.45) is 0 Å². The van der Waals surface area contributed by atoms with Crippen molar-refractivity contribution in [1.29, 1.82) is 0 Å². The summed E-state index contributed by atoms with van der Waals surface area (Å²) in [4.78, 5) is 17.6. The summed E-state index contributed by atoms with van der Waals surface area (Å²) in [6, 6.07) is 4.31. The zero-order valence-corrected chi connectivity index (χ0v) is 8.99. The van der Waals surface area contributed by atoms with E-state index in [0.717, 1.165) is 11.0 Å². The van der Waals surface area contributed by atoms with Gasteiger partial charge in [-0.25, -0.2) is 4.98 Å². The third-order valence-corrected chi connectivity index (χ3v) is 2.29. The van der Waals surface area contributed by atoms with Gasteiger partial charge in [0.05, 0.1) is 17.4 Å². The van der Waals surface area contributed by atoms with Crippen molar-refractivity contribution in [3.63, 3.8) is 0 Å². The molecule has 90 valence electrons. The summed E-state index contributed by atoms with van der Waals surface area (Å²) < 4.78 is 0. The highest BCUT2D eigenvalue weighted by Gasteiger charge is 2.05. The summed E-state index contributed by atoms with van der Waals surface area (Å²) >= 11 is 0. The van der Waals surface area contributed by atoms with Crippen LogP contribution in [0.5, 0.6) is 12.0 Å². The van der Waals surface area contributed by atoms with Crippen LogP contribution < -0.4 is 5.32 Å². The highest BCUT2D eigenvalue weighted by Crippen LogP contribution is 2.19. The van der Waals surface area contributed by atoms with Crippen LogP contribution >= 0.6 is 0 Å². The third kappa shape index (κ3) is 1.86. The predicted octanol–water partition coefficient (Wildman–Crippen LogP) is 0.903. The Morgan fingerprint density at radius 2 is 1.83 bits per heavy atom. The number of hydrogen-bond acceptors (Lipinski definition) is 7. The number of H-pyrrole nitrogens is 1. The average molecular weight is 244 g/mol. The van der Waals surface area contributed by atoms with Crippen molar-refractivity contribution in [2.45, 2.75) is 0 Å². The topological polar surface area (TPSA) is 120 Å². The van der Waals surface area contributed by atoms with Crippen LogP contribution in [0.15, 0.2) is 24.5 Å². The Morgan fingerprint density at radius 3 is 2.61 bits per heavy atom. The largest absolute Gasteiger partial charge is 0.479 e. The third-order valence-electron chi connectivity index (χ3n) is 2.29. The molecule has 0 aliphatic rings. The number of imidazole rings is 1. The fraction of sp³-hybridized carbons (Fsp3) is 0.